The zero-order chi connectivity index (χ0) is 19.4. The van der Waals surface area contributed by atoms with Crippen LogP contribution < -0.4 is 4.74 Å². The Balaban J connectivity index is 1.75. The fourth-order valence-corrected chi connectivity index (χ4v) is 4.90. The van der Waals surface area contributed by atoms with Gasteiger partial charge in [0.25, 0.3) is 5.91 Å². The third kappa shape index (κ3) is 4.08. The van der Waals surface area contributed by atoms with E-state index in [0.717, 1.165) is 12.8 Å². The number of benzene rings is 1. The standard InChI is InChI=1S/C18H23N3O5S/c1-2-25-15-6-5-14(13-19)12-17(15)27(23,24)21-9-7-20(8-10-21)18(22)16-4-3-11-26-16/h5-6,12,16H,2-4,7-11H2,1H3. The summed E-state index contributed by atoms with van der Waals surface area (Å²) in [6, 6.07) is 6.33. The van der Waals surface area contributed by atoms with Gasteiger partial charge in [-0.2, -0.15) is 9.57 Å². The topological polar surface area (TPSA) is 99.9 Å². The molecule has 3 rings (SSSR count). The molecule has 8 nitrogen and oxygen atoms in total. The van der Waals surface area contributed by atoms with Crippen LogP contribution in [0.1, 0.15) is 25.3 Å². The summed E-state index contributed by atoms with van der Waals surface area (Å²) in [7, 11) is -3.83. The number of carbonyl (C=O) groups excluding carboxylic acids is 1. The van der Waals surface area contributed by atoms with Crippen molar-refractivity contribution < 1.29 is 22.7 Å². The van der Waals surface area contributed by atoms with Gasteiger partial charge in [0.1, 0.15) is 16.7 Å². The molecule has 1 aromatic rings. The average Bonchev–Trinajstić information content (AvgIpc) is 3.23. The molecule has 0 spiro atoms. The fraction of sp³-hybridized carbons (Fsp3) is 0.556. The summed E-state index contributed by atoms with van der Waals surface area (Å²) < 4.78 is 38.4. The third-order valence-corrected chi connectivity index (χ3v) is 6.67. The highest BCUT2D eigenvalue weighted by molar-refractivity contribution is 7.89. The van der Waals surface area contributed by atoms with E-state index in [-0.39, 0.29) is 35.2 Å². The van der Waals surface area contributed by atoms with Crippen molar-refractivity contribution in [1.29, 1.82) is 5.26 Å². The molecule has 9 heteroatoms. The van der Waals surface area contributed by atoms with Gasteiger partial charge in [-0.15, -0.1) is 0 Å². The Morgan fingerprint density at radius 2 is 2.07 bits per heavy atom. The van der Waals surface area contributed by atoms with E-state index < -0.39 is 16.1 Å². The van der Waals surface area contributed by atoms with E-state index in [0.29, 0.717) is 26.3 Å². The summed E-state index contributed by atoms with van der Waals surface area (Å²) in [5.74, 6) is 0.167. The normalized spacial score (nSPS) is 21.0. The molecule has 2 saturated heterocycles. The second-order valence-electron chi connectivity index (χ2n) is 6.44. The van der Waals surface area contributed by atoms with Crippen LogP contribution in [0.2, 0.25) is 0 Å². The van der Waals surface area contributed by atoms with E-state index in [1.165, 1.54) is 22.5 Å². The molecular weight excluding hydrogens is 370 g/mol. The van der Waals surface area contributed by atoms with Gasteiger partial charge in [-0.1, -0.05) is 0 Å². The quantitative estimate of drug-likeness (QED) is 0.739. The number of piperazine rings is 1. The number of hydrogen-bond donors (Lipinski definition) is 0. The maximum Gasteiger partial charge on any atom is 0.251 e. The fourth-order valence-electron chi connectivity index (χ4n) is 3.32. The maximum absolute atomic E-state index is 13.1. The second-order valence-corrected chi connectivity index (χ2v) is 8.34. The number of hydrogen-bond acceptors (Lipinski definition) is 6. The summed E-state index contributed by atoms with van der Waals surface area (Å²) in [6.45, 7) is 3.72. The Labute approximate surface area is 159 Å². The molecular formula is C18H23N3O5S. The molecule has 2 heterocycles. The zero-order valence-electron chi connectivity index (χ0n) is 15.3. The first-order valence-corrected chi connectivity index (χ1v) is 10.5. The lowest BCUT2D eigenvalue weighted by molar-refractivity contribution is -0.142. The number of nitrogens with zero attached hydrogens (tertiary/aromatic N) is 3. The number of carbonyl (C=O) groups is 1. The largest absolute Gasteiger partial charge is 0.492 e. The Morgan fingerprint density at radius 1 is 1.33 bits per heavy atom. The molecule has 0 N–H and O–H groups in total. The van der Waals surface area contributed by atoms with Crippen molar-refractivity contribution in [1.82, 2.24) is 9.21 Å². The number of rotatable bonds is 5. The first-order valence-electron chi connectivity index (χ1n) is 9.05. The Morgan fingerprint density at radius 3 is 2.67 bits per heavy atom. The number of sulfonamides is 1. The van der Waals surface area contributed by atoms with E-state index in [4.69, 9.17) is 14.7 Å². The van der Waals surface area contributed by atoms with Crippen molar-refractivity contribution in [3.63, 3.8) is 0 Å². The molecule has 2 fully saturated rings. The summed E-state index contributed by atoms with van der Waals surface area (Å²) in [5, 5.41) is 9.10. The van der Waals surface area contributed by atoms with Gasteiger partial charge in [0.05, 0.1) is 18.2 Å². The van der Waals surface area contributed by atoms with Crippen LogP contribution in [0.4, 0.5) is 0 Å². The van der Waals surface area contributed by atoms with Gasteiger partial charge in [0.15, 0.2) is 0 Å². The molecule has 1 unspecified atom stereocenters. The SMILES string of the molecule is CCOc1ccc(C#N)cc1S(=O)(=O)N1CCN(C(=O)C2CCCO2)CC1. The van der Waals surface area contributed by atoms with Gasteiger partial charge >= 0.3 is 0 Å². The molecule has 0 aromatic heterocycles. The van der Waals surface area contributed by atoms with Crippen LogP contribution in [0, 0.1) is 11.3 Å². The average molecular weight is 393 g/mol. The van der Waals surface area contributed by atoms with Crippen molar-refractivity contribution in [3.05, 3.63) is 23.8 Å². The highest BCUT2D eigenvalue weighted by atomic mass is 32.2. The predicted octanol–water partition coefficient (Wildman–Crippen LogP) is 0.969. The van der Waals surface area contributed by atoms with E-state index >= 15 is 0 Å². The number of ether oxygens (including phenoxy) is 2. The summed E-state index contributed by atoms with van der Waals surface area (Å²) in [4.78, 5) is 14.1. The van der Waals surface area contributed by atoms with Crippen molar-refractivity contribution in [2.24, 2.45) is 0 Å². The molecule has 2 aliphatic heterocycles. The molecule has 1 amide bonds. The Kier molecular flexibility index (Phi) is 5.99. The lowest BCUT2D eigenvalue weighted by atomic mass is 10.2. The van der Waals surface area contributed by atoms with Crippen LogP contribution in [-0.2, 0) is 19.6 Å². The molecule has 0 saturated carbocycles. The maximum atomic E-state index is 13.1. The summed E-state index contributed by atoms with van der Waals surface area (Å²) in [6.07, 6.45) is 1.20. The van der Waals surface area contributed by atoms with E-state index in [1.807, 2.05) is 6.07 Å². The van der Waals surface area contributed by atoms with Crippen LogP contribution >= 0.6 is 0 Å². The molecule has 2 aliphatic rings. The summed E-state index contributed by atoms with van der Waals surface area (Å²) >= 11 is 0. The van der Waals surface area contributed by atoms with Crippen molar-refractivity contribution in [2.45, 2.75) is 30.8 Å². The predicted molar refractivity (Wildman–Crippen MR) is 96.6 cm³/mol. The lowest BCUT2D eigenvalue weighted by Crippen LogP contribution is -2.52. The van der Waals surface area contributed by atoms with Gasteiger partial charge in [0, 0.05) is 32.8 Å². The van der Waals surface area contributed by atoms with E-state index in [9.17, 15) is 13.2 Å². The molecule has 27 heavy (non-hydrogen) atoms. The van der Waals surface area contributed by atoms with Gasteiger partial charge in [-0.25, -0.2) is 8.42 Å². The number of nitriles is 1. The Hall–Kier alpha value is -2.15. The molecule has 0 bridgehead atoms. The van der Waals surface area contributed by atoms with Gasteiger partial charge in [0.2, 0.25) is 10.0 Å². The van der Waals surface area contributed by atoms with Crippen molar-refractivity contribution in [3.8, 4) is 11.8 Å². The highest BCUT2D eigenvalue weighted by Gasteiger charge is 2.35. The monoisotopic (exact) mass is 393 g/mol. The van der Waals surface area contributed by atoms with Gasteiger partial charge in [-0.05, 0) is 38.0 Å². The molecule has 0 radical (unpaired) electrons. The van der Waals surface area contributed by atoms with Crippen LogP contribution in [0.25, 0.3) is 0 Å². The number of amides is 1. The van der Waals surface area contributed by atoms with Crippen LogP contribution in [-0.4, -0.2) is 69.0 Å². The minimum atomic E-state index is -3.83. The zero-order valence-corrected chi connectivity index (χ0v) is 16.1. The van der Waals surface area contributed by atoms with Crippen molar-refractivity contribution in [2.75, 3.05) is 39.4 Å². The van der Waals surface area contributed by atoms with Gasteiger partial charge < -0.3 is 14.4 Å². The van der Waals surface area contributed by atoms with Crippen molar-refractivity contribution >= 4 is 15.9 Å². The van der Waals surface area contributed by atoms with E-state index in [2.05, 4.69) is 0 Å². The first-order chi connectivity index (χ1) is 13.0. The van der Waals surface area contributed by atoms with Crippen LogP contribution in [0.5, 0.6) is 5.75 Å². The van der Waals surface area contributed by atoms with E-state index in [1.54, 1.807) is 11.8 Å². The molecule has 1 atom stereocenters. The smallest absolute Gasteiger partial charge is 0.251 e. The second kappa shape index (κ2) is 8.25. The Bertz CT molecular complexity index is 835. The summed E-state index contributed by atoms with van der Waals surface area (Å²) in [5.41, 5.74) is 0.254. The minimum Gasteiger partial charge on any atom is -0.492 e. The van der Waals surface area contributed by atoms with Crippen LogP contribution in [0.3, 0.4) is 0 Å². The molecule has 1 aromatic carbocycles. The molecule has 0 aliphatic carbocycles. The molecule has 146 valence electrons. The van der Waals surface area contributed by atoms with Gasteiger partial charge in [-0.3, -0.25) is 4.79 Å². The third-order valence-electron chi connectivity index (χ3n) is 4.75. The van der Waals surface area contributed by atoms with Crippen LogP contribution in [0.15, 0.2) is 23.1 Å². The first kappa shape index (κ1) is 19.6. The minimum absolute atomic E-state index is 0.0118. The highest BCUT2D eigenvalue weighted by Crippen LogP contribution is 2.29. The lowest BCUT2D eigenvalue weighted by Gasteiger charge is -2.35.